The lowest BCUT2D eigenvalue weighted by Gasteiger charge is -2.25. The van der Waals surface area contributed by atoms with E-state index in [0.717, 1.165) is 48.6 Å². The number of imidazole rings is 1. The predicted octanol–water partition coefficient (Wildman–Crippen LogP) is 2.99. The molecule has 1 aliphatic heterocycles. The van der Waals surface area contributed by atoms with Crippen LogP contribution in [0.4, 0.5) is 0 Å². The zero-order valence-corrected chi connectivity index (χ0v) is 15.2. The molecule has 0 N–H and O–H groups in total. The van der Waals surface area contributed by atoms with E-state index in [0.29, 0.717) is 0 Å². The summed E-state index contributed by atoms with van der Waals surface area (Å²) in [5.74, 6) is 0.103. The van der Waals surface area contributed by atoms with Crippen LogP contribution >= 0.6 is 0 Å². The third kappa shape index (κ3) is 3.14. The van der Waals surface area contributed by atoms with Crippen molar-refractivity contribution in [1.82, 2.24) is 24.2 Å². The van der Waals surface area contributed by atoms with Gasteiger partial charge in [-0.05, 0) is 57.0 Å². The summed E-state index contributed by atoms with van der Waals surface area (Å²) >= 11 is 0. The molecular weight excluding hydrogens is 326 g/mol. The molecule has 1 aliphatic rings. The number of amides is 1. The van der Waals surface area contributed by atoms with Crippen LogP contribution in [0, 0.1) is 13.8 Å². The molecule has 0 bridgehead atoms. The van der Waals surface area contributed by atoms with E-state index in [1.807, 2.05) is 51.5 Å². The smallest absolute Gasteiger partial charge is 0.254 e. The molecule has 0 spiro atoms. The molecule has 1 atom stereocenters. The van der Waals surface area contributed by atoms with Gasteiger partial charge < -0.3 is 9.47 Å². The lowest BCUT2D eigenvalue weighted by atomic mass is 10.1. The molecule has 3 aromatic rings. The maximum atomic E-state index is 13.0. The van der Waals surface area contributed by atoms with Gasteiger partial charge in [-0.25, -0.2) is 4.98 Å². The average molecular weight is 349 g/mol. The molecule has 2 aromatic heterocycles. The molecule has 6 heteroatoms. The van der Waals surface area contributed by atoms with Crippen molar-refractivity contribution in [2.24, 2.45) is 0 Å². The van der Waals surface area contributed by atoms with Crippen LogP contribution < -0.4 is 0 Å². The van der Waals surface area contributed by atoms with Gasteiger partial charge in [0, 0.05) is 35.9 Å². The number of nitrogens with zero attached hydrogens (tertiary/aromatic N) is 5. The molecule has 1 saturated heterocycles. The number of carbonyl (C=O) groups is 1. The van der Waals surface area contributed by atoms with E-state index in [4.69, 9.17) is 0 Å². The van der Waals surface area contributed by atoms with E-state index in [9.17, 15) is 4.79 Å². The highest BCUT2D eigenvalue weighted by molar-refractivity contribution is 5.94. The largest absolute Gasteiger partial charge is 0.334 e. The Balaban J connectivity index is 1.50. The molecule has 1 fully saturated rings. The van der Waals surface area contributed by atoms with Crippen LogP contribution in [0.25, 0.3) is 5.69 Å². The van der Waals surface area contributed by atoms with Crippen molar-refractivity contribution in [3.8, 4) is 5.69 Å². The lowest BCUT2D eigenvalue weighted by molar-refractivity contribution is 0.0721. The molecule has 3 heterocycles. The van der Waals surface area contributed by atoms with Gasteiger partial charge in [-0.15, -0.1) is 0 Å². The number of carbonyl (C=O) groups excluding carboxylic acids is 1. The van der Waals surface area contributed by atoms with E-state index in [-0.39, 0.29) is 11.9 Å². The van der Waals surface area contributed by atoms with Gasteiger partial charge in [-0.2, -0.15) is 5.10 Å². The molecule has 4 rings (SSSR count). The minimum Gasteiger partial charge on any atom is -0.334 e. The minimum atomic E-state index is 0.103. The molecule has 0 saturated carbocycles. The maximum Gasteiger partial charge on any atom is 0.254 e. The minimum absolute atomic E-state index is 0.103. The summed E-state index contributed by atoms with van der Waals surface area (Å²) in [4.78, 5) is 19.1. The molecule has 0 radical (unpaired) electrons. The number of hydrogen-bond donors (Lipinski definition) is 0. The van der Waals surface area contributed by atoms with Crippen molar-refractivity contribution >= 4 is 5.91 Å². The van der Waals surface area contributed by atoms with Crippen molar-refractivity contribution in [3.05, 3.63) is 66.0 Å². The normalized spacial score (nSPS) is 17.0. The lowest BCUT2D eigenvalue weighted by Crippen LogP contribution is -2.38. The van der Waals surface area contributed by atoms with Gasteiger partial charge >= 0.3 is 0 Å². The number of benzene rings is 1. The summed E-state index contributed by atoms with van der Waals surface area (Å²) in [7, 11) is 0. The predicted molar refractivity (Wildman–Crippen MR) is 99.3 cm³/mol. The van der Waals surface area contributed by atoms with Crippen molar-refractivity contribution in [2.75, 3.05) is 6.54 Å². The first-order valence-corrected chi connectivity index (χ1v) is 9.02. The van der Waals surface area contributed by atoms with E-state index in [1.165, 1.54) is 0 Å². The quantitative estimate of drug-likeness (QED) is 0.728. The molecule has 0 aliphatic carbocycles. The first-order chi connectivity index (χ1) is 12.6. The van der Waals surface area contributed by atoms with Gasteiger partial charge in [0.25, 0.3) is 5.91 Å². The van der Waals surface area contributed by atoms with Crippen LogP contribution in [0.3, 0.4) is 0 Å². The highest BCUT2D eigenvalue weighted by Gasteiger charge is 2.30. The molecular formula is C20H23N5O. The summed E-state index contributed by atoms with van der Waals surface area (Å²) in [6.07, 6.45) is 7.45. The Morgan fingerprint density at radius 2 is 2.04 bits per heavy atom. The van der Waals surface area contributed by atoms with Crippen LogP contribution in [0.2, 0.25) is 0 Å². The van der Waals surface area contributed by atoms with Crippen LogP contribution in [0.1, 0.15) is 34.6 Å². The number of aryl methyl sites for hydroxylation is 2. The fourth-order valence-corrected chi connectivity index (χ4v) is 3.71. The summed E-state index contributed by atoms with van der Waals surface area (Å²) in [6.45, 7) is 5.64. The van der Waals surface area contributed by atoms with Gasteiger partial charge in [0.1, 0.15) is 0 Å². The first kappa shape index (κ1) is 16.6. The van der Waals surface area contributed by atoms with Gasteiger partial charge in [0.15, 0.2) is 0 Å². The van der Waals surface area contributed by atoms with Crippen LogP contribution in [0.15, 0.2) is 49.1 Å². The van der Waals surface area contributed by atoms with E-state index >= 15 is 0 Å². The number of hydrogen-bond acceptors (Lipinski definition) is 3. The van der Waals surface area contributed by atoms with Crippen molar-refractivity contribution < 1.29 is 4.79 Å². The maximum absolute atomic E-state index is 13.0. The molecule has 26 heavy (non-hydrogen) atoms. The Hall–Kier alpha value is -2.89. The molecule has 1 amide bonds. The second-order valence-electron chi connectivity index (χ2n) is 6.92. The second-order valence-corrected chi connectivity index (χ2v) is 6.92. The Morgan fingerprint density at radius 3 is 2.69 bits per heavy atom. The van der Waals surface area contributed by atoms with E-state index < -0.39 is 0 Å². The van der Waals surface area contributed by atoms with E-state index in [1.54, 1.807) is 12.5 Å². The Kier molecular flexibility index (Phi) is 4.32. The third-order valence-electron chi connectivity index (χ3n) is 5.04. The third-order valence-corrected chi connectivity index (χ3v) is 5.04. The van der Waals surface area contributed by atoms with Crippen molar-refractivity contribution in [2.45, 2.75) is 39.3 Å². The summed E-state index contributed by atoms with van der Waals surface area (Å²) in [5.41, 5.74) is 3.90. The summed E-state index contributed by atoms with van der Waals surface area (Å²) in [5, 5.41) is 4.55. The van der Waals surface area contributed by atoms with Gasteiger partial charge in [0.2, 0.25) is 0 Å². The fourth-order valence-electron chi connectivity index (χ4n) is 3.71. The van der Waals surface area contributed by atoms with Crippen molar-refractivity contribution in [3.63, 3.8) is 0 Å². The highest BCUT2D eigenvalue weighted by atomic mass is 16.2. The first-order valence-electron chi connectivity index (χ1n) is 9.02. The van der Waals surface area contributed by atoms with Gasteiger partial charge in [-0.1, -0.05) is 0 Å². The monoisotopic (exact) mass is 349 g/mol. The van der Waals surface area contributed by atoms with Gasteiger partial charge in [0.05, 0.1) is 24.6 Å². The van der Waals surface area contributed by atoms with Crippen LogP contribution in [-0.2, 0) is 6.54 Å². The topological polar surface area (TPSA) is 56.0 Å². The summed E-state index contributed by atoms with van der Waals surface area (Å²) < 4.78 is 3.95. The number of likely N-dealkylation sites (tertiary alicyclic amines) is 1. The Bertz CT molecular complexity index is 895. The average Bonchev–Trinajstić information content (AvgIpc) is 3.37. The molecule has 1 aromatic carbocycles. The number of rotatable bonds is 4. The Morgan fingerprint density at radius 1 is 1.23 bits per heavy atom. The van der Waals surface area contributed by atoms with Crippen LogP contribution in [-0.4, -0.2) is 42.7 Å². The van der Waals surface area contributed by atoms with Gasteiger partial charge in [-0.3, -0.25) is 9.48 Å². The fraction of sp³-hybridized carbons (Fsp3) is 0.350. The second kappa shape index (κ2) is 6.78. The van der Waals surface area contributed by atoms with E-state index in [2.05, 4.69) is 23.1 Å². The standard InChI is InChI=1S/C20H23N5O/c1-15-12-16(2)25(22-15)13-19-4-3-10-24(19)20(26)17-5-7-18(8-6-17)23-11-9-21-14-23/h5-9,11-12,14,19H,3-4,10,13H2,1-2H3/t19-/m0/s1. The zero-order chi connectivity index (χ0) is 18.1. The molecule has 134 valence electrons. The molecule has 0 unspecified atom stereocenters. The zero-order valence-electron chi connectivity index (χ0n) is 15.2. The van der Waals surface area contributed by atoms with Crippen LogP contribution in [0.5, 0.6) is 0 Å². The SMILES string of the molecule is Cc1cc(C)n(C[C@@H]2CCCN2C(=O)c2ccc(-n3ccnc3)cc2)n1. The summed E-state index contributed by atoms with van der Waals surface area (Å²) in [6, 6.07) is 10.00. The molecule has 6 nitrogen and oxygen atoms in total. The van der Waals surface area contributed by atoms with Crippen molar-refractivity contribution in [1.29, 1.82) is 0 Å². The highest BCUT2D eigenvalue weighted by Crippen LogP contribution is 2.22. The number of aromatic nitrogens is 4. The Labute approximate surface area is 153 Å².